The third kappa shape index (κ3) is 3.36. The Labute approximate surface area is 132 Å². The van der Waals surface area contributed by atoms with Gasteiger partial charge in [0.25, 0.3) is 10.1 Å². The quantitative estimate of drug-likeness (QED) is 0.555. The molecule has 3 rings (SSSR count). The largest absolute Gasteiger partial charge is 0.507 e. The molecule has 6 nitrogen and oxygen atoms in total. The standard InChI is InChI=1S/C16H12N2O4S/c19-16-10-13(9-11-3-1-2-4-15(11)16)18-17-12-5-7-14(8-6-12)23(20,21)22/h1-10,19H,(H,20,21,22). The van der Waals surface area contributed by atoms with Gasteiger partial charge in [-0.1, -0.05) is 24.3 Å². The van der Waals surface area contributed by atoms with Crippen molar-refractivity contribution in [2.45, 2.75) is 4.90 Å². The number of benzene rings is 3. The van der Waals surface area contributed by atoms with Crippen molar-refractivity contribution in [1.29, 1.82) is 0 Å². The fourth-order valence-corrected chi connectivity index (χ4v) is 2.61. The van der Waals surface area contributed by atoms with Crippen LogP contribution in [0.2, 0.25) is 0 Å². The number of aromatic hydroxyl groups is 1. The zero-order valence-electron chi connectivity index (χ0n) is 11.8. The van der Waals surface area contributed by atoms with Crippen LogP contribution in [-0.4, -0.2) is 18.1 Å². The molecule has 0 saturated carbocycles. The monoisotopic (exact) mass is 328 g/mol. The maximum absolute atomic E-state index is 11.0. The third-order valence-electron chi connectivity index (χ3n) is 3.24. The first-order valence-electron chi connectivity index (χ1n) is 6.64. The predicted octanol–water partition coefficient (Wildman–Crippen LogP) is 4.21. The van der Waals surface area contributed by atoms with Crippen LogP contribution in [0.25, 0.3) is 10.8 Å². The van der Waals surface area contributed by atoms with Crippen molar-refractivity contribution in [3.8, 4) is 5.75 Å². The fourth-order valence-electron chi connectivity index (χ4n) is 2.13. The highest BCUT2D eigenvalue weighted by Gasteiger charge is 2.08. The molecule has 0 fully saturated rings. The summed E-state index contributed by atoms with van der Waals surface area (Å²) in [6, 6.07) is 16.0. The van der Waals surface area contributed by atoms with Crippen LogP contribution in [0.15, 0.2) is 75.8 Å². The van der Waals surface area contributed by atoms with E-state index < -0.39 is 10.1 Å². The van der Waals surface area contributed by atoms with Gasteiger partial charge >= 0.3 is 0 Å². The molecule has 2 N–H and O–H groups in total. The van der Waals surface area contributed by atoms with E-state index in [1.807, 2.05) is 18.2 Å². The predicted molar refractivity (Wildman–Crippen MR) is 86.0 cm³/mol. The Morgan fingerprint density at radius 1 is 0.826 bits per heavy atom. The van der Waals surface area contributed by atoms with Gasteiger partial charge in [-0.15, -0.1) is 0 Å². The molecule has 0 amide bonds. The van der Waals surface area contributed by atoms with E-state index in [0.717, 1.165) is 10.8 Å². The van der Waals surface area contributed by atoms with E-state index in [1.165, 1.54) is 30.3 Å². The molecule has 23 heavy (non-hydrogen) atoms. The van der Waals surface area contributed by atoms with Crippen LogP contribution in [0.5, 0.6) is 5.75 Å². The molecule has 0 aliphatic heterocycles. The second-order valence-electron chi connectivity index (χ2n) is 4.85. The lowest BCUT2D eigenvalue weighted by Gasteiger charge is -2.02. The third-order valence-corrected chi connectivity index (χ3v) is 4.11. The van der Waals surface area contributed by atoms with Crippen LogP contribution in [0.4, 0.5) is 11.4 Å². The summed E-state index contributed by atoms with van der Waals surface area (Å²) in [5, 5.41) is 19.6. The number of fused-ring (bicyclic) bond motifs is 1. The van der Waals surface area contributed by atoms with Gasteiger partial charge < -0.3 is 5.11 Å². The summed E-state index contributed by atoms with van der Waals surface area (Å²) in [5.74, 6) is 0.110. The van der Waals surface area contributed by atoms with Crippen molar-refractivity contribution in [2.24, 2.45) is 10.2 Å². The van der Waals surface area contributed by atoms with Gasteiger partial charge in [0.15, 0.2) is 0 Å². The zero-order valence-corrected chi connectivity index (χ0v) is 12.6. The van der Waals surface area contributed by atoms with Gasteiger partial charge in [0.1, 0.15) is 5.75 Å². The number of rotatable bonds is 3. The van der Waals surface area contributed by atoms with Crippen LogP contribution in [0.3, 0.4) is 0 Å². The number of hydrogen-bond acceptors (Lipinski definition) is 5. The second-order valence-corrected chi connectivity index (χ2v) is 6.28. The number of phenolic OH excluding ortho intramolecular Hbond substituents is 1. The van der Waals surface area contributed by atoms with Gasteiger partial charge in [0.05, 0.1) is 16.3 Å². The van der Waals surface area contributed by atoms with E-state index in [2.05, 4.69) is 10.2 Å². The van der Waals surface area contributed by atoms with E-state index >= 15 is 0 Å². The van der Waals surface area contributed by atoms with E-state index in [0.29, 0.717) is 11.4 Å². The number of hydrogen-bond donors (Lipinski definition) is 2. The maximum atomic E-state index is 11.0. The van der Waals surface area contributed by atoms with Crippen LogP contribution < -0.4 is 0 Å². The number of azo groups is 1. The van der Waals surface area contributed by atoms with E-state index in [1.54, 1.807) is 12.1 Å². The molecular weight excluding hydrogens is 316 g/mol. The lowest BCUT2D eigenvalue weighted by Crippen LogP contribution is -1.96. The first kappa shape index (κ1) is 15.1. The van der Waals surface area contributed by atoms with Crippen molar-refractivity contribution in [2.75, 3.05) is 0 Å². The summed E-state index contributed by atoms with van der Waals surface area (Å²) < 4.78 is 30.8. The van der Waals surface area contributed by atoms with Crippen molar-refractivity contribution in [3.05, 3.63) is 60.7 Å². The summed E-state index contributed by atoms with van der Waals surface area (Å²) in [5.41, 5.74) is 0.894. The average molecular weight is 328 g/mol. The summed E-state index contributed by atoms with van der Waals surface area (Å²) in [7, 11) is -4.22. The highest BCUT2D eigenvalue weighted by molar-refractivity contribution is 7.85. The molecule has 0 radical (unpaired) electrons. The number of nitrogens with zero attached hydrogens (tertiary/aromatic N) is 2. The van der Waals surface area contributed by atoms with Gasteiger partial charge in [-0.3, -0.25) is 4.55 Å². The van der Waals surface area contributed by atoms with Crippen LogP contribution in [0, 0.1) is 0 Å². The zero-order chi connectivity index (χ0) is 16.4. The first-order valence-corrected chi connectivity index (χ1v) is 8.08. The van der Waals surface area contributed by atoms with Crippen molar-refractivity contribution >= 4 is 32.3 Å². The molecule has 0 bridgehead atoms. The molecular formula is C16H12N2O4S. The molecule has 0 aromatic heterocycles. The Hall–Kier alpha value is -2.77. The van der Waals surface area contributed by atoms with E-state index in [-0.39, 0.29) is 10.6 Å². The lowest BCUT2D eigenvalue weighted by molar-refractivity contribution is 0.481. The van der Waals surface area contributed by atoms with Crippen LogP contribution >= 0.6 is 0 Å². The summed E-state index contributed by atoms with van der Waals surface area (Å²) in [6.45, 7) is 0. The SMILES string of the molecule is O=S(=O)(O)c1ccc(N=Nc2cc(O)c3ccccc3c2)cc1. The normalized spacial score (nSPS) is 12.0. The second kappa shape index (κ2) is 5.79. The summed E-state index contributed by atoms with van der Waals surface area (Å²) >= 11 is 0. The van der Waals surface area contributed by atoms with E-state index in [9.17, 15) is 13.5 Å². The maximum Gasteiger partial charge on any atom is 0.294 e. The van der Waals surface area contributed by atoms with Gasteiger partial charge in [-0.25, -0.2) is 0 Å². The summed E-state index contributed by atoms with van der Waals surface area (Å²) in [4.78, 5) is -0.209. The van der Waals surface area contributed by atoms with Gasteiger partial charge in [-0.05, 0) is 35.7 Å². The molecule has 0 heterocycles. The smallest absolute Gasteiger partial charge is 0.294 e. The fraction of sp³-hybridized carbons (Fsp3) is 0. The molecule has 7 heteroatoms. The van der Waals surface area contributed by atoms with E-state index in [4.69, 9.17) is 4.55 Å². The Morgan fingerprint density at radius 2 is 1.48 bits per heavy atom. The van der Waals surface area contributed by atoms with Crippen LogP contribution in [0.1, 0.15) is 0 Å². The molecule has 0 unspecified atom stereocenters. The molecule has 0 spiro atoms. The Balaban J connectivity index is 1.91. The first-order chi connectivity index (χ1) is 10.9. The van der Waals surface area contributed by atoms with Crippen LogP contribution in [-0.2, 0) is 10.1 Å². The molecule has 0 aliphatic rings. The Kier molecular flexibility index (Phi) is 3.81. The molecule has 0 aliphatic carbocycles. The van der Waals surface area contributed by atoms with Gasteiger partial charge in [0, 0.05) is 11.5 Å². The molecule has 3 aromatic carbocycles. The lowest BCUT2D eigenvalue weighted by atomic mass is 10.1. The average Bonchev–Trinajstić information content (AvgIpc) is 2.52. The minimum atomic E-state index is -4.22. The van der Waals surface area contributed by atoms with Gasteiger partial charge in [0.2, 0.25) is 0 Å². The molecule has 3 aromatic rings. The Morgan fingerprint density at radius 3 is 2.17 bits per heavy atom. The highest BCUT2D eigenvalue weighted by Crippen LogP contribution is 2.31. The highest BCUT2D eigenvalue weighted by atomic mass is 32.2. The molecule has 116 valence electrons. The van der Waals surface area contributed by atoms with Gasteiger partial charge in [-0.2, -0.15) is 18.6 Å². The van der Waals surface area contributed by atoms with Crippen molar-refractivity contribution in [3.63, 3.8) is 0 Å². The summed E-state index contributed by atoms with van der Waals surface area (Å²) in [6.07, 6.45) is 0. The Bertz CT molecular complexity index is 996. The topological polar surface area (TPSA) is 99.3 Å². The minimum Gasteiger partial charge on any atom is -0.507 e. The minimum absolute atomic E-state index is 0.110. The molecule has 0 atom stereocenters. The molecule has 0 saturated heterocycles. The van der Waals surface area contributed by atoms with Crippen molar-refractivity contribution < 1.29 is 18.1 Å². The van der Waals surface area contributed by atoms with Crippen molar-refractivity contribution in [1.82, 2.24) is 0 Å². The number of phenols is 1.